The fourth-order valence-electron chi connectivity index (χ4n) is 3.87. The highest BCUT2D eigenvalue weighted by atomic mass is 16.1. The van der Waals surface area contributed by atoms with Gasteiger partial charge in [0.25, 0.3) is 5.91 Å². The maximum absolute atomic E-state index is 12.3. The number of amides is 1. The van der Waals surface area contributed by atoms with Gasteiger partial charge < -0.3 is 10.6 Å². The zero-order valence-corrected chi connectivity index (χ0v) is 15.9. The summed E-state index contributed by atoms with van der Waals surface area (Å²) in [5, 5.41) is 5.84. The van der Waals surface area contributed by atoms with Crippen molar-refractivity contribution in [2.75, 3.05) is 25.5 Å². The number of nitrogens with one attached hydrogen (secondary N) is 2. The zero-order chi connectivity index (χ0) is 18.6. The van der Waals surface area contributed by atoms with Crippen LogP contribution in [0.25, 0.3) is 0 Å². The maximum atomic E-state index is 12.3. The third kappa shape index (κ3) is 4.11. The highest BCUT2D eigenvalue weighted by Gasteiger charge is 2.26. The quantitative estimate of drug-likeness (QED) is 0.851. The molecule has 1 aromatic carbocycles. The molecule has 2 aliphatic rings. The first-order valence-electron chi connectivity index (χ1n) is 9.85. The molecule has 1 amide bonds. The largest absolute Gasteiger partial charge is 0.372 e. The van der Waals surface area contributed by atoms with Crippen molar-refractivity contribution in [3.05, 3.63) is 53.0 Å². The molecule has 2 heterocycles. The molecule has 1 aliphatic carbocycles. The average Bonchev–Trinajstić information content (AvgIpc) is 2.87. The van der Waals surface area contributed by atoms with Crippen LogP contribution < -0.4 is 10.6 Å². The predicted octanol–water partition coefficient (Wildman–Crippen LogP) is 2.40. The summed E-state index contributed by atoms with van der Waals surface area (Å²) < 4.78 is 0. The number of nitrogens with zero attached hydrogens (tertiary/aromatic N) is 3. The van der Waals surface area contributed by atoms with Gasteiger partial charge in [0, 0.05) is 32.7 Å². The number of aromatic nitrogens is 2. The van der Waals surface area contributed by atoms with Gasteiger partial charge in [0.1, 0.15) is 11.5 Å². The van der Waals surface area contributed by atoms with Crippen LogP contribution >= 0.6 is 0 Å². The maximum Gasteiger partial charge on any atom is 0.271 e. The van der Waals surface area contributed by atoms with E-state index in [0.717, 1.165) is 31.0 Å². The molecule has 0 atom stereocenters. The second-order valence-electron chi connectivity index (χ2n) is 7.44. The summed E-state index contributed by atoms with van der Waals surface area (Å²) in [5.74, 6) is 0.449. The number of hydrogen-bond acceptors (Lipinski definition) is 5. The van der Waals surface area contributed by atoms with Gasteiger partial charge in [-0.3, -0.25) is 9.69 Å². The normalized spacial score (nSPS) is 17.5. The number of hydrogen-bond donors (Lipinski definition) is 2. The fourth-order valence-corrected chi connectivity index (χ4v) is 3.87. The number of carbonyl (C=O) groups is 1. The summed E-state index contributed by atoms with van der Waals surface area (Å²) in [4.78, 5) is 23.2. The van der Waals surface area contributed by atoms with Gasteiger partial charge in [-0.15, -0.1) is 0 Å². The number of anilines is 1. The van der Waals surface area contributed by atoms with E-state index in [1.165, 1.54) is 43.1 Å². The van der Waals surface area contributed by atoms with Gasteiger partial charge in [0.2, 0.25) is 0 Å². The summed E-state index contributed by atoms with van der Waals surface area (Å²) in [6.45, 7) is 2.84. The minimum Gasteiger partial charge on any atom is -0.372 e. The number of fused-ring (bicyclic) bond motifs is 1. The van der Waals surface area contributed by atoms with Crippen LogP contribution in [-0.4, -0.2) is 47.0 Å². The van der Waals surface area contributed by atoms with Crippen LogP contribution in [0.15, 0.2) is 30.6 Å². The van der Waals surface area contributed by atoms with Gasteiger partial charge in [0.15, 0.2) is 0 Å². The van der Waals surface area contributed by atoms with E-state index >= 15 is 0 Å². The highest BCUT2D eigenvalue weighted by Crippen LogP contribution is 2.27. The van der Waals surface area contributed by atoms with Gasteiger partial charge in [-0.25, -0.2) is 9.97 Å². The van der Waals surface area contributed by atoms with E-state index in [1.54, 1.807) is 13.2 Å². The molecule has 0 bridgehead atoms. The molecule has 2 N–H and O–H groups in total. The molecular weight excluding hydrogens is 338 g/mol. The van der Waals surface area contributed by atoms with E-state index in [-0.39, 0.29) is 5.91 Å². The summed E-state index contributed by atoms with van der Waals surface area (Å²) in [6, 6.07) is 7.44. The van der Waals surface area contributed by atoms with Gasteiger partial charge in [-0.2, -0.15) is 0 Å². The second-order valence-corrected chi connectivity index (χ2v) is 7.44. The minimum absolute atomic E-state index is 0.198. The Hall–Kier alpha value is -2.47. The molecule has 6 heteroatoms. The Balaban J connectivity index is 1.36. The Morgan fingerprint density at radius 1 is 1.15 bits per heavy atom. The molecule has 0 radical (unpaired) electrons. The topological polar surface area (TPSA) is 70.2 Å². The first-order valence-corrected chi connectivity index (χ1v) is 9.85. The molecular formula is C21H27N5O. The highest BCUT2D eigenvalue weighted by molar-refractivity contribution is 5.91. The van der Waals surface area contributed by atoms with Gasteiger partial charge in [0.05, 0.1) is 12.4 Å². The Morgan fingerprint density at radius 2 is 1.96 bits per heavy atom. The lowest BCUT2D eigenvalue weighted by molar-refractivity contribution is 0.0945. The number of carbonyl (C=O) groups excluding carboxylic acids is 1. The lowest BCUT2D eigenvalue weighted by Gasteiger charge is -2.36. The third-order valence-electron chi connectivity index (χ3n) is 5.79. The van der Waals surface area contributed by atoms with Gasteiger partial charge in [-0.05, 0) is 42.4 Å². The first kappa shape index (κ1) is 17.9. The summed E-state index contributed by atoms with van der Waals surface area (Å²) in [7, 11) is 1.77. The van der Waals surface area contributed by atoms with Crippen LogP contribution in [0.4, 0.5) is 5.82 Å². The van der Waals surface area contributed by atoms with Crippen LogP contribution in [0.2, 0.25) is 0 Å². The van der Waals surface area contributed by atoms with Crippen LogP contribution in [0.3, 0.4) is 0 Å². The molecule has 0 unspecified atom stereocenters. The molecule has 142 valence electrons. The van der Waals surface area contributed by atoms with Crippen molar-refractivity contribution in [2.24, 2.45) is 0 Å². The average molecular weight is 365 g/mol. The first-order chi connectivity index (χ1) is 13.2. The SMILES string of the molecule is CNc1cnc(C(=O)NCc2ccc3c(c2)CCN(C2CCC2)CC3)cn1. The fraction of sp³-hybridized carbons (Fsp3) is 0.476. The molecule has 6 nitrogen and oxygen atoms in total. The van der Waals surface area contributed by atoms with Crippen molar-refractivity contribution in [3.8, 4) is 0 Å². The molecule has 1 aliphatic heterocycles. The summed E-state index contributed by atoms with van der Waals surface area (Å²) >= 11 is 0. The second kappa shape index (κ2) is 8.05. The molecule has 0 saturated heterocycles. The van der Waals surface area contributed by atoms with Crippen molar-refractivity contribution < 1.29 is 4.79 Å². The van der Waals surface area contributed by atoms with Crippen molar-refractivity contribution in [1.29, 1.82) is 0 Å². The Labute approximate surface area is 160 Å². The molecule has 4 rings (SSSR count). The van der Waals surface area contributed by atoms with Crippen LogP contribution in [0.5, 0.6) is 0 Å². The lowest BCUT2D eigenvalue weighted by Crippen LogP contribution is -2.41. The summed E-state index contributed by atoms with van der Waals surface area (Å²) in [6.07, 6.45) is 9.41. The Morgan fingerprint density at radius 3 is 2.63 bits per heavy atom. The smallest absolute Gasteiger partial charge is 0.271 e. The van der Waals surface area contributed by atoms with Gasteiger partial charge in [-0.1, -0.05) is 24.6 Å². The van der Waals surface area contributed by atoms with Crippen molar-refractivity contribution in [1.82, 2.24) is 20.2 Å². The number of benzene rings is 1. The minimum atomic E-state index is -0.198. The molecule has 1 aromatic heterocycles. The molecule has 1 fully saturated rings. The van der Waals surface area contributed by atoms with Crippen LogP contribution in [0, 0.1) is 0 Å². The van der Waals surface area contributed by atoms with Crippen molar-refractivity contribution >= 4 is 11.7 Å². The summed E-state index contributed by atoms with van der Waals surface area (Å²) in [5.41, 5.74) is 4.36. The molecule has 2 aromatic rings. The molecule has 0 spiro atoms. The monoisotopic (exact) mass is 365 g/mol. The van der Waals surface area contributed by atoms with E-state index in [1.807, 2.05) is 0 Å². The van der Waals surface area contributed by atoms with E-state index in [2.05, 4.69) is 43.7 Å². The Bertz CT molecular complexity index is 801. The van der Waals surface area contributed by atoms with Crippen molar-refractivity contribution in [3.63, 3.8) is 0 Å². The van der Waals surface area contributed by atoms with Crippen LogP contribution in [0.1, 0.15) is 46.4 Å². The predicted molar refractivity (Wildman–Crippen MR) is 106 cm³/mol. The third-order valence-corrected chi connectivity index (χ3v) is 5.79. The standard InChI is InChI=1S/C21H27N5O/c1-22-20-14-23-19(13-24-20)21(27)25-12-15-5-6-16-7-9-26(18-3-2-4-18)10-8-17(16)11-15/h5-6,11,13-14,18H,2-4,7-10,12H2,1H3,(H,22,24)(H,25,27). The van der Waals surface area contributed by atoms with E-state index in [0.29, 0.717) is 18.1 Å². The van der Waals surface area contributed by atoms with E-state index in [9.17, 15) is 4.79 Å². The molecule has 1 saturated carbocycles. The zero-order valence-electron chi connectivity index (χ0n) is 15.9. The van der Waals surface area contributed by atoms with Crippen molar-refractivity contribution in [2.45, 2.75) is 44.7 Å². The lowest BCUT2D eigenvalue weighted by atomic mass is 9.91. The number of rotatable bonds is 5. The van der Waals surface area contributed by atoms with Gasteiger partial charge >= 0.3 is 0 Å². The molecule has 27 heavy (non-hydrogen) atoms. The van der Waals surface area contributed by atoms with E-state index < -0.39 is 0 Å². The van der Waals surface area contributed by atoms with Crippen LogP contribution in [-0.2, 0) is 19.4 Å². The Kier molecular flexibility index (Phi) is 5.34. The van der Waals surface area contributed by atoms with E-state index in [4.69, 9.17) is 0 Å².